The van der Waals surface area contributed by atoms with E-state index < -0.39 is 6.04 Å². The first-order valence-corrected chi connectivity index (χ1v) is 8.13. The monoisotopic (exact) mass is 298 g/mol. The lowest BCUT2D eigenvalue weighted by Gasteiger charge is -2.38. The summed E-state index contributed by atoms with van der Waals surface area (Å²) >= 11 is 0. The summed E-state index contributed by atoms with van der Waals surface area (Å²) in [6.07, 6.45) is 2.77. The molecule has 0 spiro atoms. The average molecular weight is 298 g/mol. The van der Waals surface area contributed by atoms with Gasteiger partial charge in [-0.1, -0.05) is 19.8 Å². The molecule has 2 N–H and O–H groups in total. The van der Waals surface area contributed by atoms with Crippen molar-refractivity contribution in [1.29, 1.82) is 0 Å². The summed E-state index contributed by atoms with van der Waals surface area (Å²) in [5.41, 5.74) is 5.94. The lowest BCUT2D eigenvalue weighted by atomic mass is 10.1. The molecule has 0 bridgehead atoms. The van der Waals surface area contributed by atoms with Gasteiger partial charge in [0.1, 0.15) is 0 Å². The van der Waals surface area contributed by atoms with E-state index in [-0.39, 0.29) is 11.9 Å². The fraction of sp³-hybridized carbons (Fsp3) is 0.867. The smallest absolute Gasteiger partial charge is 0.320 e. The van der Waals surface area contributed by atoms with Gasteiger partial charge < -0.3 is 20.4 Å². The standard InChI is InChI=1S/C15H30N4O2/c1-4-7-8-13(16)14(20)18-9-11-19(12-10-18)15(21)17(5-2)6-3/h13H,4-12,16H2,1-3H3. The molecular weight excluding hydrogens is 268 g/mol. The molecule has 1 aliphatic heterocycles. The Hall–Kier alpha value is -1.30. The lowest BCUT2D eigenvalue weighted by Crippen LogP contribution is -2.56. The van der Waals surface area contributed by atoms with Crippen molar-refractivity contribution in [3.8, 4) is 0 Å². The molecule has 1 rings (SSSR count). The summed E-state index contributed by atoms with van der Waals surface area (Å²) in [6, 6.07) is -0.322. The van der Waals surface area contributed by atoms with Crippen LogP contribution in [0, 0.1) is 0 Å². The number of carbonyl (C=O) groups excluding carboxylic acids is 2. The quantitative estimate of drug-likeness (QED) is 0.798. The van der Waals surface area contributed by atoms with Crippen LogP contribution in [0.4, 0.5) is 4.79 Å². The SMILES string of the molecule is CCCCC(N)C(=O)N1CCN(C(=O)N(CC)CC)CC1. The van der Waals surface area contributed by atoms with E-state index in [4.69, 9.17) is 5.73 Å². The number of unbranched alkanes of at least 4 members (excludes halogenated alkanes) is 1. The molecule has 6 nitrogen and oxygen atoms in total. The van der Waals surface area contributed by atoms with Crippen molar-refractivity contribution in [2.75, 3.05) is 39.3 Å². The average Bonchev–Trinajstić information content (AvgIpc) is 2.53. The van der Waals surface area contributed by atoms with E-state index in [0.717, 1.165) is 32.4 Å². The molecule has 1 heterocycles. The number of amides is 3. The molecular formula is C15H30N4O2. The molecule has 0 radical (unpaired) electrons. The Morgan fingerprint density at radius 2 is 1.57 bits per heavy atom. The van der Waals surface area contributed by atoms with E-state index in [0.29, 0.717) is 26.2 Å². The van der Waals surface area contributed by atoms with Crippen LogP contribution in [-0.2, 0) is 4.79 Å². The van der Waals surface area contributed by atoms with Crippen molar-refractivity contribution in [3.05, 3.63) is 0 Å². The highest BCUT2D eigenvalue weighted by molar-refractivity contribution is 5.82. The highest BCUT2D eigenvalue weighted by atomic mass is 16.2. The van der Waals surface area contributed by atoms with E-state index in [1.807, 2.05) is 23.6 Å². The van der Waals surface area contributed by atoms with E-state index in [2.05, 4.69) is 6.92 Å². The van der Waals surface area contributed by atoms with Crippen molar-refractivity contribution in [2.24, 2.45) is 5.73 Å². The van der Waals surface area contributed by atoms with Crippen LogP contribution in [0.2, 0.25) is 0 Å². The normalized spacial score (nSPS) is 16.8. The van der Waals surface area contributed by atoms with Crippen LogP contribution in [0.3, 0.4) is 0 Å². The fourth-order valence-electron chi connectivity index (χ4n) is 2.59. The van der Waals surface area contributed by atoms with Crippen LogP contribution in [0.15, 0.2) is 0 Å². The fourth-order valence-corrected chi connectivity index (χ4v) is 2.59. The summed E-state index contributed by atoms with van der Waals surface area (Å²) in [5, 5.41) is 0. The molecule has 0 aromatic carbocycles. The first kappa shape index (κ1) is 17.8. The van der Waals surface area contributed by atoms with Crippen LogP contribution >= 0.6 is 0 Å². The third kappa shape index (κ3) is 4.88. The highest BCUT2D eigenvalue weighted by Crippen LogP contribution is 2.09. The minimum absolute atomic E-state index is 0.0263. The van der Waals surface area contributed by atoms with Crippen molar-refractivity contribution < 1.29 is 9.59 Å². The maximum atomic E-state index is 12.2. The zero-order valence-corrected chi connectivity index (χ0v) is 13.7. The predicted molar refractivity (Wildman–Crippen MR) is 84.0 cm³/mol. The second-order valence-electron chi connectivity index (χ2n) is 5.52. The van der Waals surface area contributed by atoms with Gasteiger partial charge in [0, 0.05) is 39.3 Å². The van der Waals surface area contributed by atoms with Crippen LogP contribution in [0.1, 0.15) is 40.0 Å². The Morgan fingerprint density at radius 3 is 2.05 bits per heavy atom. The van der Waals surface area contributed by atoms with Crippen LogP contribution < -0.4 is 5.73 Å². The van der Waals surface area contributed by atoms with E-state index in [1.165, 1.54) is 0 Å². The van der Waals surface area contributed by atoms with Crippen molar-refractivity contribution in [1.82, 2.24) is 14.7 Å². The molecule has 1 saturated heterocycles. The number of piperazine rings is 1. The zero-order chi connectivity index (χ0) is 15.8. The largest absolute Gasteiger partial charge is 0.338 e. The molecule has 1 aliphatic rings. The van der Waals surface area contributed by atoms with Gasteiger partial charge in [-0.3, -0.25) is 4.79 Å². The van der Waals surface area contributed by atoms with Crippen molar-refractivity contribution in [3.63, 3.8) is 0 Å². The summed E-state index contributed by atoms with van der Waals surface area (Å²) in [5.74, 6) is 0.0263. The third-order valence-corrected chi connectivity index (χ3v) is 4.08. The molecule has 0 saturated carbocycles. The summed E-state index contributed by atoms with van der Waals surface area (Å²) in [6.45, 7) is 9.86. The first-order valence-electron chi connectivity index (χ1n) is 8.13. The Morgan fingerprint density at radius 1 is 1.05 bits per heavy atom. The lowest BCUT2D eigenvalue weighted by molar-refractivity contribution is -0.134. The number of hydrogen-bond acceptors (Lipinski definition) is 3. The predicted octanol–water partition coefficient (Wildman–Crippen LogP) is 1.11. The van der Waals surface area contributed by atoms with Crippen LogP contribution in [-0.4, -0.2) is 71.9 Å². The van der Waals surface area contributed by atoms with Gasteiger partial charge in [-0.2, -0.15) is 0 Å². The van der Waals surface area contributed by atoms with Gasteiger partial charge in [0.05, 0.1) is 6.04 Å². The summed E-state index contributed by atoms with van der Waals surface area (Å²) in [4.78, 5) is 29.9. The van der Waals surface area contributed by atoms with Gasteiger partial charge in [-0.15, -0.1) is 0 Å². The van der Waals surface area contributed by atoms with Crippen LogP contribution in [0.5, 0.6) is 0 Å². The van der Waals surface area contributed by atoms with Crippen molar-refractivity contribution >= 4 is 11.9 Å². The van der Waals surface area contributed by atoms with Gasteiger partial charge in [-0.25, -0.2) is 4.79 Å². The van der Waals surface area contributed by atoms with E-state index in [1.54, 1.807) is 4.90 Å². The number of nitrogens with two attached hydrogens (primary N) is 1. The number of hydrogen-bond donors (Lipinski definition) is 1. The highest BCUT2D eigenvalue weighted by Gasteiger charge is 2.28. The Bertz CT molecular complexity index is 337. The van der Waals surface area contributed by atoms with Gasteiger partial charge >= 0.3 is 6.03 Å². The molecule has 1 atom stereocenters. The number of nitrogens with zero attached hydrogens (tertiary/aromatic N) is 3. The first-order chi connectivity index (χ1) is 10.0. The summed E-state index contributed by atoms with van der Waals surface area (Å²) in [7, 11) is 0. The second-order valence-corrected chi connectivity index (χ2v) is 5.52. The maximum Gasteiger partial charge on any atom is 0.320 e. The zero-order valence-electron chi connectivity index (χ0n) is 13.7. The Balaban J connectivity index is 2.44. The van der Waals surface area contributed by atoms with E-state index >= 15 is 0 Å². The molecule has 0 aliphatic carbocycles. The van der Waals surface area contributed by atoms with Gasteiger partial charge in [0.15, 0.2) is 0 Å². The maximum absolute atomic E-state index is 12.2. The van der Waals surface area contributed by atoms with Gasteiger partial charge in [-0.05, 0) is 20.3 Å². The minimum atomic E-state index is -0.394. The Labute approximate surface area is 128 Å². The van der Waals surface area contributed by atoms with E-state index in [9.17, 15) is 9.59 Å². The topological polar surface area (TPSA) is 69.9 Å². The third-order valence-electron chi connectivity index (χ3n) is 4.08. The molecule has 21 heavy (non-hydrogen) atoms. The molecule has 1 unspecified atom stereocenters. The number of carbonyl (C=O) groups is 2. The van der Waals surface area contributed by atoms with Crippen LogP contribution in [0.25, 0.3) is 0 Å². The molecule has 3 amide bonds. The minimum Gasteiger partial charge on any atom is -0.338 e. The number of rotatable bonds is 6. The molecule has 0 aromatic heterocycles. The second kappa shape index (κ2) is 8.87. The molecule has 122 valence electrons. The molecule has 6 heteroatoms. The van der Waals surface area contributed by atoms with Gasteiger partial charge in [0.25, 0.3) is 0 Å². The van der Waals surface area contributed by atoms with Gasteiger partial charge in [0.2, 0.25) is 5.91 Å². The van der Waals surface area contributed by atoms with Crippen molar-refractivity contribution in [2.45, 2.75) is 46.1 Å². The number of urea groups is 1. The summed E-state index contributed by atoms with van der Waals surface area (Å²) < 4.78 is 0. The Kier molecular flexibility index (Phi) is 7.50. The molecule has 1 fully saturated rings. The molecule has 0 aromatic rings.